The number of nitrogens with zero attached hydrogens (tertiary/aromatic N) is 3. The fourth-order valence-corrected chi connectivity index (χ4v) is 10.1. The van der Waals surface area contributed by atoms with Gasteiger partial charge in [0.15, 0.2) is 0 Å². The van der Waals surface area contributed by atoms with E-state index in [0.29, 0.717) is 60.4 Å². The highest BCUT2D eigenvalue weighted by Crippen LogP contribution is 2.48. The Labute approximate surface area is 382 Å². The molecule has 1 aromatic carbocycles. The summed E-state index contributed by atoms with van der Waals surface area (Å²) in [6, 6.07) is 8.69. The number of alkyl carbamates (subject to hydrolysis) is 1. The molecule has 16 nitrogen and oxygen atoms in total. The van der Waals surface area contributed by atoms with Gasteiger partial charge in [0.25, 0.3) is 5.91 Å². The van der Waals surface area contributed by atoms with E-state index in [0.717, 1.165) is 11.8 Å². The molecule has 0 spiro atoms. The highest BCUT2D eigenvalue weighted by atomic mass is 32.2. The maximum absolute atomic E-state index is 15.2. The van der Waals surface area contributed by atoms with Gasteiger partial charge in [-0.2, -0.15) is 0 Å². The largest absolute Gasteiger partial charge is 0.497 e. The summed E-state index contributed by atoms with van der Waals surface area (Å²) in [5.74, 6) is -1.21. The molecule has 2 saturated carbocycles. The van der Waals surface area contributed by atoms with E-state index < -0.39 is 73.8 Å². The van der Waals surface area contributed by atoms with Gasteiger partial charge < -0.3 is 34.5 Å². The molecule has 65 heavy (non-hydrogen) atoms. The number of hydrogen-bond donors (Lipinski definition) is 3. The number of sulfonamides is 1. The normalized spacial score (nSPS) is 27.3. The van der Waals surface area contributed by atoms with Crippen LogP contribution >= 0.6 is 0 Å². The minimum atomic E-state index is -4.04. The molecule has 1 saturated heterocycles. The first-order valence-electron chi connectivity index (χ1n) is 22.8. The second-order valence-electron chi connectivity index (χ2n) is 19.7. The summed E-state index contributed by atoms with van der Waals surface area (Å²) in [6.45, 7) is 14.7. The van der Waals surface area contributed by atoms with Gasteiger partial charge >= 0.3 is 6.09 Å². The van der Waals surface area contributed by atoms with E-state index in [1.165, 1.54) is 4.90 Å². The minimum Gasteiger partial charge on any atom is -0.497 e. The molecule has 17 heteroatoms. The quantitative estimate of drug-likeness (QED) is 0.174. The van der Waals surface area contributed by atoms with Crippen LogP contribution < -0.4 is 29.6 Å². The second-order valence-corrected chi connectivity index (χ2v) is 21.9. The maximum atomic E-state index is 15.2. The molecule has 2 aromatic heterocycles. The van der Waals surface area contributed by atoms with Crippen LogP contribution in [0.4, 0.5) is 4.79 Å². The molecule has 4 heterocycles. The van der Waals surface area contributed by atoms with Gasteiger partial charge in [0.05, 0.1) is 42.1 Å². The summed E-state index contributed by atoms with van der Waals surface area (Å²) in [4.78, 5) is 68.7. The van der Waals surface area contributed by atoms with Gasteiger partial charge in [0, 0.05) is 17.7 Å². The van der Waals surface area contributed by atoms with Crippen LogP contribution in [0.1, 0.15) is 107 Å². The lowest BCUT2D eigenvalue weighted by Gasteiger charge is -2.34. The standard InChI is InChI=1S/C48H64N6O10S/c1-10-30-21-29(4)13-11-12-14-32-25-48(32,44(57)53-65(59,60)47(8)19-20-47)52-41(55)39-24-35(27-54(39)43(56)40(30)51-45(58)64-46(5,6)7)63-42-36-17-15-33(61-9)22-31(36)23-38(50-42)37-18-16-34(26-49-37)62-28(2)3/h12,14-18,22-23,26,28-30,32,35,39-40H,10-11,13,19-21,24-25,27H2,1-9H3,(H,51,58)(H,52,55)(H,53,57)/b14-12-/t29-,30-,32-,35-,39+,40+,48-/m1/s1. The van der Waals surface area contributed by atoms with Crippen LogP contribution in [0.3, 0.4) is 0 Å². The molecule has 7 atom stereocenters. The van der Waals surface area contributed by atoms with Crippen LogP contribution in [-0.4, -0.2) is 101 Å². The number of pyridine rings is 2. The molecule has 0 bridgehead atoms. The van der Waals surface area contributed by atoms with Crippen molar-refractivity contribution in [3.63, 3.8) is 0 Å². The minimum absolute atomic E-state index is 0.0124. The summed E-state index contributed by atoms with van der Waals surface area (Å²) < 4.78 is 51.7. The summed E-state index contributed by atoms with van der Waals surface area (Å²) >= 11 is 0. The van der Waals surface area contributed by atoms with Gasteiger partial charge in [-0.25, -0.2) is 18.2 Å². The van der Waals surface area contributed by atoms with Crippen LogP contribution in [0.5, 0.6) is 17.4 Å². The van der Waals surface area contributed by atoms with Gasteiger partial charge in [0.1, 0.15) is 40.8 Å². The first kappa shape index (κ1) is 47.5. The third kappa shape index (κ3) is 10.7. The number of nitrogens with one attached hydrogen (secondary N) is 3. The highest BCUT2D eigenvalue weighted by molar-refractivity contribution is 7.91. The van der Waals surface area contributed by atoms with Crippen molar-refractivity contribution in [2.45, 2.75) is 147 Å². The van der Waals surface area contributed by atoms with Crippen molar-refractivity contribution in [1.29, 1.82) is 0 Å². The number of allylic oxidation sites excluding steroid dienone is 1. The van der Waals surface area contributed by atoms with E-state index in [4.69, 9.17) is 23.9 Å². The number of carbonyl (C=O) groups excluding carboxylic acids is 4. The number of methoxy groups -OCH3 is 1. The Hall–Kier alpha value is -5.45. The first-order valence-corrected chi connectivity index (χ1v) is 24.3. The lowest BCUT2D eigenvalue weighted by molar-refractivity contribution is -0.142. The van der Waals surface area contributed by atoms with Gasteiger partial charge in [-0.15, -0.1) is 0 Å². The summed E-state index contributed by atoms with van der Waals surface area (Å²) in [5, 5.41) is 7.22. The molecule has 2 aliphatic heterocycles. The van der Waals surface area contributed by atoms with Gasteiger partial charge in [-0.3, -0.25) is 24.1 Å². The zero-order chi connectivity index (χ0) is 47.1. The molecule has 3 aromatic rings. The molecule has 0 radical (unpaired) electrons. The number of rotatable bonds is 11. The van der Waals surface area contributed by atoms with Gasteiger partial charge in [-0.05, 0) is 134 Å². The third-order valence-corrected chi connectivity index (χ3v) is 15.1. The number of hydrogen-bond acceptors (Lipinski definition) is 12. The Morgan fingerprint density at radius 3 is 2.43 bits per heavy atom. The first-order chi connectivity index (χ1) is 30.6. The van der Waals surface area contributed by atoms with Crippen LogP contribution in [0.25, 0.3) is 22.2 Å². The van der Waals surface area contributed by atoms with E-state index in [9.17, 15) is 22.8 Å². The number of amides is 4. The topological polar surface area (TPSA) is 204 Å². The zero-order valence-electron chi connectivity index (χ0n) is 38.9. The van der Waals surface area contributed by atoms with Crippen molar-refractivity contribution < 1.29 is 46.5 Å². The highest BCUT2D eigenvalue weighted by Gasteiger charge is 2.63. The molecule has 3 fully saturated rings. The molecule has 2 aliphatic carbocycles. The predicted molar refractivity (Wildman–Crippen MR) is 245 cm³/mol. The average Bonchev–Trinajstić information content (AvgIpc) is 4.12. The molecule has 4 amide bonds. The Bertz CT molecular complexity index is 2430. The fourth-order valence-electron chi connectivity index (χ4n) is 8.83. The van der Waals surface area contributed by atoms with E-state index in [1.54, 1.807) is 53.1 Å². The van der Waals surface area contributed by atoms with Crippen LogP contribution in [0.2, 0.25) is 0 Å². The maximum Gasteiger partial charge on any atom is 0.408 e. The Morgan fingerprint density at radius 1 is 1.05 bits per heavy atom. The third-order valence-electron chi connectivity index (χ3n) is 12.9. The Kier molecular flexibility index (Phi) is 13.5. The smallest absolute Gasteiger partial charge is 0.408 e. The summed E-state index contributed by atoms with van der Waals surface area (Å²) in [7, 11) is -2.46. The van der Waals surface area contributed by atoms with Crippen LogP contribution in [-0.2, 0) is 29.1 Å². The SMILES string of the molecule is CC[C@@H]1C[C@H](C)CC/C=C\[C@@H]2C[C@@]2(C(=O)NS(=O)(=O)C2(C)CC2)NC(=O)[C@@H]2C[C@@H](Oc3nc(-c4ccc(OC(C)C)cn4)cc4cc(OC)ccc34)CN2C(=O)[C@H]1NC(=O)OC(C)(C)C. The van der Waals surface area contributed by atoms with E-state index >= 15 is 4.79 Å². The Morgan fingerprint density at radius 2 is 1.78 bits per heavy atom. The van der Waals surface area contributed by atoms with Gasteiger partial charge in [-0.1, -0.05) is 32.4 Å². The number of aromatic nitrogens is 2. The molecule has 4 aliphatic rings. The molecule has 352 valence electrons. The predicted octanol–water partition coefficient (Wildman–Crippen LogP) is 6.61. The van der Waals surface area contributed by atoms with E-state index in [2.05, 4.69) is 27.3 Å². The number of benzene rings is 1. The fraction of sp³-hybridized carbons (Fsp3) is 0.583. The number of fused-ring (bicyclic) bond motifs is 3. The van der Waals surface area contributed by atoms with Gasteiger partial charge in [0.2, 0.25) is 27.7 Å². The lowest BCUT2D eigenvalue weighted by Crippen LogP contribution is -2.59. The van der Waals surface area contributed by atoms with Crippen molar-refractivity contribution in [1.82, 2.24) is 30.2 Å². The monoisotopic (exact) mass is 916 g/mol. The van der Waals surface area contributed by atoms with Crippen LogP contribution in [0.15, 0.2) is 54.7 Å². The number of ether oxygens (including phenoxy) is 4. The van der Waals surface area contributed by atoms with Crippen molar-refractivity contribution in [2.24, 2.45) is 17.8 Å². The summed E-state index contributed by atoms with van der Waals surface area (Å²) in [6.07, 6.45) is 7.43. The van der Waals surface area contributed by atoms with Crippen molar-refractivity contribution in [2.75, 3.05) is 13.7 Å². The van der Waals surface area contributed by atoms with E-state index in [1.807, 2.05) is 57.2 Å². The van der Waals surface area contributed by atoms with Crippen molar-refractivity contribution >= 4 is 44.6 Å². The molecular formula is C48H64N6O10S. The average molecular weight is 917 g/mol. The number of carbonyl (C=O) groups is 4. The summed E-state index contributed by atoms with van der Waals surface area (Å²) in [5.41, 5.74) is -1.37. The molecular weight excluding hydrogens is 853 g/mol. The zero-order valence-corrected chi connectivity index (χ0v) is 39.8. The lowest BCUT2D eigenvalue weighted by atomic mass is 9.85. The van der Waals surface area contributed by atoms with Crippen molar-refractivity contribution in [3.05, 3.63) is 54.7 Å². The molecule has 3 N–H and O–H groups in total. The van der Waals surface area contributed by atoms with Crippen LogP contribution in [0, 0.1) is 17.8 Å². The molecule has 7 rings (SSSR count). The second kappa shape index (κ2) is 18.4. The molecule has 0 unspecified atom stereocenters. The Balaban J connectivity index is 1.27. The van der Waals surface area contributed by atoms with Crippen molar-refractivity contribution in [3.8, 4) is 28.8 Å². The van der Waals surface area contributed by atoms with E-state index in [-0.39, 0.29) is 43.2 Å².